The molecule has 34 heavy (non-hydrogen) atoms. The molecule has 184 valence electrons. The third kappa shape index (κ3) is 6.79. The summed E-state index contributed by atoms with van der Waals surface area (Å²) in [5.74, 6) is 5.95. The van der Waals surface area contributed by atoms with Gasteiger partial charge in [-0.2, -0.15) is 0 Å². The van der Waals surface area contributed by atoms with E-state index in [9.17, 15) is 9.59 Å². The number of hydrogen-bond acceptors (Lipinski definition) is 5. The van der Waals surface area contributed by atoms with Gasteiger partial charge in [-0.1, -0.05) is 61.8 Å². The maximum Gasteiger partial charge on any atom is 0.245 e. The van der Waals surface area contributed by atoms with E-state index in [1.54, 1.807) is 17.1 Å². The van der Waals surface area contributed by atoms with Crippen molar-refractivity contribution in [3.63, 3.8) is 0 Å². The molecule has 0 aliphatic carbocycles. The molecule has 4 rings (SSSR count). The molecule has 2 amide bonds. The van der Waals surface area contributed by atoms with E-state index in [-0.39, 0.29) is 11.8 Å². The summed E-state index contributed by atoms with van der Waals surface area (Å²) in [6.45, 7) is 7.46. The SMILES string of the molecule is CC.NN1Cc2ccccc2CC1C(=O)NC(Cc1ccc(Cl)cc1)C(=O)N1CCCNCC1. The number of hydrogen-bond donors (Lipinski definition) is 3. The van der Waals surface area contributed by atoms with Crippen LogP contribution in [0, 0.1) is 0 Å². The van der Waals surface area contributed by atoms with E-state index in [1.807, 2.05) is 55.1 Å². The molecule has 8 heteroatoms. The van der Waals surface area contributed by atoms with Gasteiger partial charge in [-0.3, -0.25) is 15.4 Å². The number of nitrogens with zero attached hydrogens (tertiary/aromatic N) is 2. The smallest absolute Gasteiger partial charge is 0.245 e. The van der Waals surface area contributed by atoms with E-state index in [0.717, 1.165) is 36.2 Å². The fourth-order valence-electron chi connectivity index (χ4n) is 4.40. The average molecular weight is 486 g/mol. The van der Waals surface area contributed by atoms with E-state index >= 15 is 0 Å². The lowest BCUT2D eigenvalue weighted by Crippen LogP contribution is -2.58. The number of nitrogens with one attached hydrogen (secondary N) is 2. The minimum atomic E-state index is -0.660. The van der Waals surface area contributed by atoms with Crippen LogP contribution in [0.25, 0.3) is 0 Å². The molecule has 2 aliphatic heterocycles. The second-order valence-electron chi connectivity index (χ2n) is 8.48. The van der Waals surface area contributed by atoms with Gasteiger partial charge in [0.15, 0.2) is 0 Å². The van der Waals surface area contributed by atoms with Crippen LogP contribution in [0.2, 0.25) is 5.02 Å². The second kappa shape index (κ2) is 12.9. The van der Waals surface area contributed by atoms with Crippen molar-refractivity contribution in [2.24, 2.45) is 5.84 Å². The Morgan fingerprint density at radius 2 is 1.79 bits per heavy atom. The molecule has 2 aliphatic rings. The number of amides is 2. The fraction of sp³-hybridized carbons (Fsp3) is 0.462. The number of fused-ring (bicyclic) bond motifs is 1. The molecule has 1 saturated heterocycles. The summed E-state index contributed by atoms with van der Waals surface area (Å²) >= 11 is 6.02. The van der Waals surface area contributed by atoms with E-state index in [4.69, 9.17) is 17.4 Å². The highest BCUT2D eigenvalue weighted by Gasteiger charge is 2.33. The van der Waals surface area contributed by atoms with Gasteiger partial charge in [-0.15, -0.1) is 0 Å². The Morgan fingerprint density at radius 3 is 2.53 bits per heavy atom. The van der Waals surface area contributed by atoms with E-state index < -0.39 is 12.1 Å². The molecule has 2 heterocycles. The Labute approximate surface area is 207 Å². The molecule has 2 aromatic carbocycles. The average Bonchev–Trinajstić information content (AvgIpc) is 3.15. The molecule has 1 fully saturated rings. The standard InChI is InChI=1S/C24H30ClN5O2.C2H6/c25-20-8-6-17(7-9-20)14-21(24(32)29-12-3-10-27-11-13-29)28-23(31)22-15-18-4-1-2-5-19(18)16-30(22)26;1-2/h1-2,4-9,21-22,27H,3,10-16,26H2,(H,28,31);1-2H3. The topological polar surface area (TPSA) is 90.7 Å². The van der Waals surface area contributed by atoms with Gasteiger partial charge >= 0.3 is 0 Å². The molecule has 7 nitrogen and oxygen atoms in total. The largest absolute Gasteiger partial charge is 0.343 e. The number of benzene rings is 2. The van der Waals surface area contributed by atoms with Crippen molar-refractivity contribution in [3.8, 4) is 0 Å². The maximum absolute atomic E-state index is 13.4. The zero-order valence-corrected chi connectivity index (χ0v) is 20.9. The normalized spacial score (nSPS) is 19.2. The van der Waals surface area contributed by atoms with Crippen LogP contribution in [0.4, 0.5) is 0 Å². The van der Waals surface area contributed by atoms with Crippen LogP contribution in [0.15, 0.2) is 48.5 Å². The maximum atomic E-state index is 13.4. The van der Waals surface area contributed by atoms with Gasteiger partial charge in [0.1, 0.15) is 12.1 Å². The number of nitrogens with two attached hydrogens (primary N) is 1. The van der Waals surface area contributed by atoms with Crippen molar-refractivity contribution < 1.29 is 9.59 Å². The highest BCUT2D eigenvalue weighted by Crippen LogP contribution is 2.21. The van der Waals surface area contributed by atoms with Crippen LogP contribution in [0.3, 0.4) is 0 Å². The molecule has 2 unspecified atom stereocenters. The van der Waals surface area contributed by atoms with Gasteiger partial charge in [0.05, 0.1) is 0 Å². The lowest BCUT2D eigenvalue weighted by molar-refractivity contribution is -0.138. The molecule has 2 aromatic rings. The summed E-state index contributed by atoms with van der Waals surface area (Å²) in [6, 6.07) is 14.2. The van der Waals surface area contributed by atoms with Crippen LogP contribution in [-0.4, -0.2) is 60.0 Å². The highest BCUT2D eigenvalue weighted by atomic mass is 35.5. The van der Waals surface area contributed by atoms with Gasteiger partial charge in [0, 0.05) is 37.6 Å². The van der Waals surface area contributed by atoms with E-state index in [1.165, 1.54) is 0 Å². The molecule has 0 bridgehead atoms. The third-order valence-corrected chi connectivity index (χ3v) is 6.46. The zero-order chi connectivity index (χ0) is 24.5. The molecule has 2 atom stereocenters. The van der Waals surface area contributed by atoms with E-state index in [0.29, 0.717) is 37.5 Å². The summed E-state index contributed by atoms with van der Waals surface area (Å²) in [7, 11) is 0. The Morgan fingerprint density at radius 1 is 1.09 bits per heavy atom. The highest BCUT2D eigenvalue weighted by molar-refractivity contribution is 6.30. The zero-order valence-electron chi connectivity index (χ0n) is 20.1. The Bertz CT molecular complexity index is 944. The summed E-state index contributed by atoms with van der Waals surface area (Å²) < 4.78 is 0. The molecular formula is C26H36ClN5O2. The summed E-state index contributed by atoms with van der Waals surface area (Å²) in [5.41, 5.74) is 3.19. The summed E-state index contributed by atoms with van der Waals surface area (Å²) in [4.78, 5) is 28.6. The van der Waals surface area contributed by atoms with Gasteiger partial charge in [0.2, 0.25) is 11.8 Å². The number of carbonyl (C=O) groups excluding carboxylic acids is 2. The van der Waals surface area contributed by atoms with Gasteiger partial charge in [-0.25, -0.2) is 5.01 Å². The number of halogens is 1. The first-order valence-corrected chi connectivity index (χ1v) is 12.5. The second-order valence-corrected chi connectivity index (χ2v) is 8.92. The van der Waals surface area contributed by atoms with Gasteiger partial charge < -0.3 is 15.5 Å². The molecule has 0 radical (unpaired) electrons. The lowest BCUT2D eigenvalue weighted by Gasteiger charge is -2.34. The first kappa shape index (κ1) is 26.2. The number of rotatable bonds is 5. The van der Waals surface area contributed by atoms with Crippen molar-refractivity contribution in [2.75, 3.05) is 26.2 Å². The Kier molecular flexibility index (Phi) is 9.89. The predicted octanol–water partition coefficient (Wildman–Crippen LogP) is 2.52. The van der Waals surface area contributed by atoms with Crippen LogP contribution in [0.5, 0.6) is 0 Å². The van der Waals surface area contributed by atoms with Gasteiger partial charge in [0.25, 0.3) is 0 Å². The Balaban J connectivity index is 0.00000158. The van der Waals surface area contributed by atoms with Crippen LogP contribution in [0.1, 0.15) is 37.0 Å². The fourth-order valence-corrected chi connectivity index (χ4v) is 4.52. The minimum Gasteiger partial charge on any atom is -0.343 e. The third-order valence-electron chi connectivity index (χ3n) is 6.21. The minimum absolute atomic E-state index is 0.0585. The first-order chi connectivity index (χ1) is 16.5. The molecule has 0 saturated carbocycles. The van der Waals surface area contributed by atoms with Crippen molar-refractivity contribution >= 4 is 23.4 Å². The van der Waals surface area contributed by atoms with Crippen molar-refractivity contribution in [1.29, 1.82) is 0 Å². The molecule has 0 aromatic heterocycles. The van der Waals surface area contributed by atoms with Crippen LogP contribution in [-0.2, 0) is 29.0 Å². The molecule has 0 spiro atoms. The first-order valence-electron chi connectivity index (χ1n) is 12.1. The van der Waals surface area contributed by atoms with Crippen LogP contribution < -0.4 is 16.5 Å². The monoisotopic (exact) mass is 485 g/mol. The van der Waals surface area contributed by atoms with Gasteiger partial charge in [-0.05, 0) is 48.2 Å². The number of hydrazine groups is 1. The number of carbonyl (C=O) groups is 2. The van der Waals surface area contributed by atoms with Crippen molar-refractivity contribution in [1.82, 2.24) is 20.5 Å². The quantitative estimate of drug-likeness (QED) is 0.566. The van der Waals surface area contributed by atoms with Crippen molar-refractivity contribution in [2.45, 2.75) is 51.7 Å². The molecule has 4 N–H and O–H groups in total. The Hall–Kier alpha value is -2.45. The van der Waals surface area contributed by atoms with Crippen LogP contribution >= 0.6 is 11.6 Å². The lowest BCUT2D eigenvalue weighted by atomic mass is 9.94. The predicted molar refractivity (Wildman–Crippen MR) is 136 cm³/mol. The molecular weight excluding hydrogens is 450 g/mol. The summed E-state index contributed by atoms with van der Waals surface area (Å²) in [5, 5.41) is 8.54. The van der Waals surface area contributed by atoms with E-state index in [2.05, 4.69) is 10.6 Å². The summed E-state index contributed by atoms with van der Waals surface area (Å²) in [6.07, 6.45) is 1.82. The van der Waals surface area contributed by atoms with Crippen molar-refractivity contribution in [3.05, 3.63) is 70.2 Å².